The van der Waals surface area contributed by atoms with Gasteiger partial charge >= 0.3 is 0 Å². The molecule has 0 atom stereocenters. The van der Waals surface area contributed by atoms with E-state index in [0.29, 0.717) is 16.0 Å². The van der Waals surface area contributed by atoms with Gasteiger partial charge < -0.3 is 4.40 Å². The van der Waals surface area contributed by atoms with Gasteiger partial charge in [-0.3, -0.25) is 10.2 Å². The van der Waals surface area contributed by atoms with E-state index in [-0.39, 0.29) is 16.8 Å². The first-order valence-corrected chi connectivity index (χ1v) is 6.51. The van der Waals surface area contributed by atoms with Gasteiger partial charge in [-0.1, -0.05) is 6.07 Å². The molecule has 0 aliphatic heterocycles. The van der Waals surface area contributed by atoms with Crippen molar-refractivity contribution in [2.24, 2.45) is 0 Å². The quantitative estimate of drug-likeness (QED) is 0.662. The predicted octanol–water partition coefficient (Wildman–Crippen LogP) is 2.21. The van der Waals surface area contributed by atoms with Crippen molar-refractivity contribution in [1.29, 1.82) is 10.7 Å². The van der Waals surface area contributed by atoms with Gasteiger partial charge in [0.2, 0.25) is 0 Å². The summed E-state index contributed by atoms with van der Waals surface area (Å²) in [7, 11) is 0. The zero-order chi connectivity index (χ0) is 13.3. The number of fused-ring (bicyclic) bond motifs is 1. The third-order valence-corrected chi connectivity index (χ3v) is 3.53. The minimum absolute atomic E-state index is 0.0976. The maximum absolute atomic E-state index is 11.8. The first-order chi connectivity index (χ1) is 8.61. The molecule has 0 aliphatic carbocycles. The first-order valence-electron chi connectivity index (χ1n) is 5.28. The Labute approximate surface area is 108 Å². The van der Waals surface area contributed by atoms with Crippen molar-refractivity contribution in [3.05, 3.63) is 41.0 Å². The second-order valence-corrected chi connectivity index (χ2v) is 4.57. The third-order valence-electron chi connectivity index (χ3n) is 2.72. The second kappa shape index (κ2) is 4.67. The van der Waals surface area contributed by atoms with Crippen LogP contribution in [0.5, 0.6) is 0 Å². The van der Waals surface area contributed by atoms with Crippen LogP contribution in [0.1, 0.15) is 22.8 Å². The highest BCUT2D eigenvalue weighted by atomic mass is 32.2. The Kier molecular flexibility index (Phi) is 3.21. The summed E-state index contributed by atoms with van der Waals surface area (Å²) in [5.41, 5.74) is 1.54. The number of nitriles is 1. The van der Waals surface area contributed by atoms with Crippen molar-refractivity contribution in [2.45, 2.75) is 11.8 Å². The lowest BCUT2D eigenvalue weighted by atomic mass is 10.1. The lowest BCUT2D eigenvalue weighted by Gasteiger charge is -2.12. The van der Waals surface area contributed by atoms with Crippen molar-refractivity contribution in [3.63, 3.8) is 0 Å². The minimum atomic E-state index is -0.0976. The van der Waals surface area contributed by atoms with Crippen LogP contribution in [0.3, 0.4) is 0 Å². The standard InChI is InChI=1S/C13H11N3OS/c1-8(17)11-10-5-3-4-6-16(10)13(15)9(7-14)12(11)18-2/h3-6,15H,1-2H3. The number of hydrogen-bond donors (Lipinski definition) is 1. The number of carbonyl (C=O) groups is 1. The van der Waals surface area contributed by atoms with Crippen molar-refractivity contribution in [3.8, 4) is 6.07 Å². The van der Waals surface area contributed by atoms with E-state index < -0.39 is 0 Å². The molecule has 18 heavy (non-hydrogen) atoms. The monoisotopic (exact) mass is 257 g/mol. The summed E-state index contributed by atoms with van der Waals surface area (Å²) in [6, 6.07) is 7.40. The first kappa shape index (κ1) is 12.4. The zero-order valence-corrected chi connectivity index (χ0v) is 10.8. The van der Waals surface area contributed by atoms with Crippen molar-refractivity contribution in [1.82, 2.24) is 4.40 Å². The number of carbonyl (C=O) groups excluding carboxylic acids is 1. The third kappa shape index (κ3) is 1.71. The number of pyridine rings is 2. The average molecular weight is 257 g/mol. The van der Waals surface area contributed by atoms with Crippen LogP contribution < -0.4 is 5.49 Å². The molecule has 2 aromatic heterocycles. The molecule has 1 N–H and O–H groups in total. The lowest BCUT2D eigenvalue weighted by Crippen LogP contribution is -2.21. The van der Waals surface area contributed by atoms with Gasteiger partial charge in [0.1, 0.15) is 17.1 Å². The highest BCUT2D eigenvalue weighted by Gasteiger charge is 2.18. The number of aromatic nitrogens is 1. The molecule has 0 amide bonds. The Balaban J connectivity index is 3.13. The van der Waals surface area contributed by atoms with Gasteiger partial charge in [0.15, 0.2) is 5.78 Å². The van der Waals surface area contributed by atoms with E-state index in [1.54, 1.807) is 22.7 Å². The molecule has 2 heterocycles. The van der Waals surface area contributed by atoms with Crippen molar-refractivity contribution < 1.29 is 4.79 Å². The number of ketones is 1. The van der Waals surface area contributed by atoms with Crippen LogP contribution >= 0.6 is 11.8 Å². The number of hydrogen-bond acceptors (Lipinski definition) is 4. The number of nitrogens with one attached hydrogen (secondary N) is 1. The number of thioether (sulfide) groups is 1. The SMILES string of the molecule is CSc1c(C#N)c(=N)n2ccccc2c1C(C)=O. The average Bonchev–Trinajstić information content (AvgIpc) is 2.38. The Hall–Kier alpha value is -2.06. The smallest absolute Gasteiger partial charge is 0.163 e. The summed E-state index contributed by atoms with van der Waals surface area (Å²) < 4.78 is 1.56. The molecule has 2 rings (SSSR count). The van der Waals surface area contributed by atoms with Gasteiger partial charge in [0.25, 0.3) is 0 Å². The van der Waals surface area contributed by atoms with E-state index in [4.69, 9.17) is 5.41 Å². The summed E-state index contributed by atoms with van der Waals surface area (Å²) in [6.45, 7) is 1.48. The van der Waals surface area contributed by atoms with E-state index in [9.17, 15) is 10.1 Å². The second-order valence-electron chi connectivity index (χ2n) is 3.76. The molecule has 0 fully saturated rings. The molecule has 0 aliphatic rings. The van der Waals surface area contributed by atoms with E-state index in [0.717, 1.165) is 0 Å². The Morgan fingerprint density at radius 1 is 1.50 bits per heavy atom. The number of Topliss-reactive ketones (excluding diaryl/α,β-unsaturated/α-hetero) is 1. The van der Waals surface area contributed by atoms with Crippen LogP contribution in [-0.4, -0.2) is 16.4 Å². The fourth-order valence-corrected chi connectivity index (χ4v) is 2.76. The summed E-state index contributed by atoms with van der Waals surface area (Å²) in [5, 5.41) is 17.2. The molecule has 5 heteroatoms. The molecular weight excluding hydrogens is 246 g/mol. The van der Waals surface area contributed by atoms with E-state index in [1.165, 1.54) is 18.7 Å². The van der Waals surface area contributed by atoms with Gasteiger partial charge in [-0.2, -0.15) is 5.26 Å². The van der Waals surface area contributed by atoms with Gasteiger partial charge in [0.05, 0.1) is 11.1 Å². The Morgan fingerprint density at radius 2 is 2.22 bits per heavy atom. The maximum atomic E-state index is 11.8. The van der Waals surface area contributed by atoms with Gasteiger partial charge in [-0.25, -0.2) is 0 Å². The molecule has 0 radical (unpaired) electrons. The summed E-state index contributed by atoms with van der Waals surface area (Å²) in [4.78, 5) is 12.4. The van der Waals surface area contributed by atoms with E-state index in [2.05, 4.69) is 0 Å². The van der Waals surface area contributed by atoms with Gasteiger partial charge in [-0.05, 0) is 25.3 Å². The molecule has 0 saturated carbocycles. The summed E-state index contributed by atoms with van der Waals surface area (Å²) in [5.74, 6) is -0.0976. The Morgan fingerprint density at radius 3 is 2.78 bits per heavy atom. The Bertz CT molecular complexity index is 740. The largest absolute Gasteiger partial charge is 0.300 e. The highest BCUT2D eigenvalue weighted by Crippen LogP contribution is 2.26. The minimum Gasteiger partial charge on any atom is -0.300 e. The van der Waals surface area contributed by atoms with Crippen LogP contribution in [0.25, 0.3) is 5.52 Å². The van der Waals surface area contributed by atoms with E-state index in [1.807, 2.05) is 18.4 Å². The summed E-state index contributed by atoms with van der Waals surface area (Å²) in [6.07, 6.45) is 3.50. The van der Waals surface area contributed by atoms with Gasteiger partial charge in [0, 0.05) is 11.1 Å². The fraction of sp³-hybridized carbons (Fsp3) is 0.154. The number of rotatable bonds is 2. The van der Waals surface area contributed by atoms with Crippen LogP contribution in [0.4, 0.5) is 0 Å². The van der Waals surface area contributed by atoms with Crippen LogP contribution in [0, 0.1) is 16.7 Å². The summed E-state index contributed by atoms with van der Waals surface area (Å²) >= 11 is 1.33. The van der Waals surface area contributed by atoms with Crippen LogP contribution in [0.15, 0.2) is 29.3 Å². The van der Waals surface area contributed by atoms with Crippen LogP contribution in [-0.2, 0) is 0 Å². The highest BCUT2D eigenvalue weighted by molar-refractivity contribution is 7.98. The number of nitrogens with zero attached hydrogens (tertiary/aromatic N) is 2. The molecule has 0 saturated heterocycles. The van der Waals surface area contributed by atoms with Crippen molar-refractivity contribution >= 4 is 23.1 Å². The zero-order valence-electron chi connectivity index (χ0n) is 10.0. The van der Waals surface area contributed by atoms with Crippen molar-refractivity contribution in [2.75, 3.05) is 6.26 Å². The molecule has 90 valence electrons. The molecular formula is C13H11N3OS. The fourth-order valence-electron chi connectivity index (χ4n) is 1.96. The topological polar surface area (TPSA) is 69.1 Å². The molecule has 0 spiro atoms. The van der Waals surface area contributed by atoms with Gasteiger partial charge in [-0.15, -0.1) is 11.8 Å². The molecule has 0 unspecified atom stereocenters. The predicted molar refractivity (Wildman–Crippen MR) is 69.8 cm³/mol. The molecule has 0 bridgehead atoms. The normalized spacial score (nSPS) is 10.3. The molecule has 0 aromatic carbocycles. The maximum Gasteiger partial charge on any atom is 0.163 e. The molecule has 2 aromatic rings. The van der Waals surface area contributed by atoms with Crippen LogP contribution in [0.2, 0.25) is 0 Å². The van der Waals surface area contributed by atoms with E-state index >= 15 is 0 Å². The lowest BCUT2D eigenvalue weighted by molar-refractivity contribution is 0.101. The molecule has 4 nitrogen and oxygen atoms in total.